The summed E-state index contributed by atoms with van der Waals surface area (Å²) in [5.41, 5.74) is 0. The Morgan fingerprint density at radius 2 is 1.27 bits per heavy atom. The van der Waals surface area contributed by atoms with Crippen molar-refractivity contribution in [3.8, 4) is 0 Å². The van der Waals surface area contributed by atoms with Crippen molar-refractivity contribution in [2.45, 2.75) is 25.7 Å². The summed E-state index contributed by atoms with van der Waals surface area (Å²) in [4.78, 5) is 97.1. The van der Waals surface area contributed by atoms with Crippen LogP contribution in [0.25, 0.3) is 0 Å². The minimum Gasteiger partial charge on any atom is -0.309 e. The van der Waals surface area contributed by atoms with E-state index >= 15 is 0 Å². The Morgan fingerprint density at radius 1 is 0.800 bits per heavy atom. The molecule has 164 valence electrons. The molecule has 2 saturated heterocycles. The van der Waals surface area contributed by atoms with E-state index in [9.17, 15) is 33.6 Å². The van der Waals surface area contributed by atoms with Crippen molar-refractivity contribution in [2.24, 2.45) is 0 Å². The number of hydrazine groups is 1. The number of carbonyl (C=O) groups is 7. The highest BCUT2D eigenvalue weighted by Gasteiger charge is 2.39. The van der Waals surface area contributed by atoms with Crippen LogP contribution in [0.4, 0.5) is 4.79 Å². The maximum Gasteiger partial charge on any atom is 0.461 e. The van der Waals surface area contributed by atoms with Gasteiger partial charge in [0.1, 0.15) is 0 Å². The summed E-state index contributed by atoms with van der Waals surface area (Å²) in [6.45, 7) is -0.933. The normalized spacial score (nSPS) is 16.3. The molecule has 0 aromatic heterocycles. The third-order valence-electron chi connectivity index (χ3n) is 3.65. The second-order valence-corrected chi connectivity index (χ2v) is 6.73. The average Bonchev–Trinajstić information content (AvgIpc) is 3.21. The van der Waals surface area contributed by atoms with Crippen LogP contribution in [0.3, 0.4) is 0 Å². The predicted octanol–water partition coefficient (Wildman–Crippen LogP) is -0.481. The van der Waals surface area contributed by atoms with Gasteiger partial charge >= 0.3 is 6.09 Å². The standard InChI is InChI=1S/C14H14Br2N4O10/c15-5-12(25)17(7-28-30-20-10(23)3-4-11(20)24)18(13(26)6-16)14(27)29-19-8(21)1-2-9(19)22/h1-7H2. The smallest absolute Gasteiger partial charge is 0.309 e. The second kappa shape index (κ2) is 10.6. The van der Waals surface area contributed by atoms with Crippen LogP contribution in [0.15, 0.2) is 0 Å². The first kappa shape index (κ1) is 23.8. The van der Waals surface area contributed by atoms with Gasteiger partial charge in [-0.05, 0) is 0 Å². The van der Waals surface area contributed by atoms with Gasteiger partial charge in [0.05, 0.1) is 10.7 Å². The summed E-state index contributed by atoms with van der Waals surface area (Å²) in [6.07, 6.45) is -2.10. The molecule has 0 aliphatic carbocycles. The molecule has 2 aliphatic heterocycles. The minimum absolute atomic E-state index is 0.0926. The van der Waals surface area contributed by atoms with E-state index in [-0.39, 0.29) is 35.8 Å². The largest absolute Gasteiger partial charge is 0.461 e. The molecular weight excluding hydrogens is 544 g/mol. The Labute approximate surface area is 185 Å². The van der Waals surface area contributed by atoms with Gasteiger partial charge in [0.2, 0.25) is 0 Å². The van der Waals surface area contributed by atoms with Crippen LogP contribution >= 0.6 is 31.9 Å². The Balaban J connectivity index is 2.14. The first-order valence-electron chi connectivity index (χ1n) is 8.19. The van der Waals surface area contributed by atoms with Gasteiger partial charge in [-0.3, -0.25) is 28.8 Å². The van der Waals surface area contributed by atoms with Crippen molar-refractivity contribution in [1.82, 2.24) is 20.1 Å². The Bertz CT molecular complexity index is 759. The van der Waals surface area contributed by atoms with Gasteiger partial charge in [-0.1, -0.05) is 36.8 Å². The van der Waals surface area contributed by atoms with E-state index in [1.165, 1.54) is 0 Å². The molecule has 2 rings (SSSR count). The molecule has 16 heteroatoms. The van der Waals surface area contributed by atoms with Gasteiger partial charge in [-0.15, -0.1) is 15.1 Å². The van der Waals surface area contributed by atoms with E-state index in [1.807, 2.05) is 0 Å². The van der Waals surface area contributed by atoms with Crippen LogP contribution in [-0.2, 0) is 43.5 Å². The molecule has 2 fully saturated rings. The van der Waals surface area contributed by atoms with Crippen LogP contribution in [0.2, 0.25) is 0 Å². The van der Waals surface area contributed by atoms with E-state index in [0.717, 1.165) is 0 Å². The van der Waals surface area contributed by atoms with Gasteiger partial charge in [-0.25, -0.2) is 9.80 Å². The molecule has 0 bridgehead atoms. The lowest BCUT2D eigenvalue weighted by Crippen LogP contribution is -2.56. The SMILES string of the molecule is O=C1CCC(=O)N1OOCN(C(=O)CBr)N(C(=O)CBr)C(=O)ON1C(=O)CCC1=O. The molecule has 0 aromatic carbocycles. The van der Waals surface area contributed by atoms with Crippen molar-refractivity contribution < 1.29 is 48.3 Å². The summed E-state index contributed by atoms with van der Waals surface area (Å²) >= 11 is 5.69. The first-order valence-corrected chi connectivity index (χ1v) is 10.4. The van der Waals surface area contributed by atoms with Gasteiger partial charge < -0.3 is 4.84 Å². The zero-order valence-electron chi connectivity index (χ0n) is 15.1. The van der Waals surface area contributed by atoms with Crippen LogP contribution in [0.1, 0.15) is 25.7 Å². The fraction of sp³-hybridized carbons (Fsp3) is 0.500. The Hall–Kier alpha value is -2.43. The van der Waals surface area contributed by atoms with Gasteiger partial charge in [0.15, 0.2) is 6.73 Å². The molecule has 14 nitrogen and oxygen atoms in total. The molecule has 0 radical (unpaired) electrons. The number of imide groups is 3. The molecule has 0 N–H and O–H groups in total. The highest BCUT2D eigenvalue weighted by Crippen LogP contribution is 2.16. The second-order valence-electron chi connectivity index (χ2n) is 5.61. The van der Waals surface area contributed by atoms with Crippen LogP contribution in [0, 0.1) is 0 Å². The Morgan fingerprint density at radius 3 is 1.73 bits per heavy atom. The number of hydrogen-bond donors (Lipinski definition) is 0. The quantitative estimate of drug-likeness (QED) is 0.131. The van der Waals surface area contributed by atoms with E-state index in [1.54, 1.807) is 0 Å². The molecule has 0 atom stereocenters. The van der Waals surface area contributed by atoms with Crippen molar-refractivity contribution in [3.05, 3.63) is 0 Å². The molecule has 0 unspecified atom stereocenters. The lowest BCUT2D eigenvalue weighted by molar-refractivity contribution is -0.409. The lowest BCUT2D eigenvalue weighted by atomic mass is 10.4. The highest BCUT2D eigenvalue weighted by molar-refractivity contribution is 9.09. The van der Waals surface area contributed by atoms with Crippen molar-refractivity contribution in [2.75, 3.05) is 17.4 Å². The van der Waals surface area contributed by atoms with Crippen molar-refractivity contribution in [3.63, 3.8) is 0 Å². The number of hydrogen-bond acceptors (Lipinski definition) is 10. The minimum atomic E-state index is -1.55. The third-order valence-corrected chi connectivity index (χ3v) is 4.61. The maximum atomic E-state index is 12.5. The summed E-state index contributed by atoms with van der Waals surface area (Å²) in [5.74, 6) is -4.89. The average molecular weight is 558 g/mol. The molecule has 2 heterocycles. The monoisotopic (exact) mass is 556 g/mol. The fourth-order valence-electron chi connectivity index (χ4n) is 2.24. The van der Waals surface area contributed by atoms with Gasteiger partial charge in [0.25, 0.3) is 35.4 Å². The number of rotatable bonds is 7. The van der Waals surface area contributed by atoms with E-state index in [4.69, 9.17) is 0 Å². The summed E-state index contributed by atoms with van der Waals surface area (Å²) in [7, 11) is 0. The number of alkyl halides is 2. The Kier molecular flexibility index (Phi) is 8.39. The predicted molar refractivity (Wildman–Crippen MR) is 97.0 cm³/mol. The van der Waals surface area contributed by atoms with Gasteiger partial charge in [-0.2, -0.15) is 4.89 Å². The number of nitrogens with zero attached hydrogens (tertiary/aromatic N) is 4. The van der Waals surface area contributed by atoms with Crippen LogP contribution < -0.4 is 0 Å². The van der Waals surface area contributed by atoms with E-state index < -0.39 is 58.9 Å². The molecule has 0 spiro atoms. The first-order chi connectivity index (χ1) is 14.2. The van der Waals surface area contributed by atoms with Crippen LogP contribution in [-0.4, -0.2) is 79.1 Å². The number of hydroxylamine groups is 4. The topological polar surface area (TPSA) is 160 Å². The van der Waals surface area contributed by atoms with Crippen molar-refractivity contribution >= 4 is 73.4 Å². The molecular formula is C14H14Br2N4O10. The number of halogens is 2. The molecule has 0 aromatic rings. The molecule has 7 amide bonds. The number of amides is 7. The van der Waals surface area contributed by atoms with Crippen molar-refractivity contribution in [1.29, 1.82) is 0 Å². The van der Waals surface area contributed by atoms with Crippen LogP contribution in [0.5, 0.6) is 0 Å². The summed E-state index contributed by atoms with van der Waals surface area (Å²) < 4.78 is 0. The lowest BCUT2D eigenvalue weighted by Gasteiger charge is -2.31. The number of carbonyl (C=O) groups excluding carboxylic acids is 7. The molecule has 2 aliphatic rings. The molecule has 30 heavy (non-hydrogen) atoms. The van der Waals surface area contributed by atoms with Gasteiger partial charge in [0, 0.05) is 25.7 Å². The maximum absolute atomic E-state index is 12.5. The molecule has 0 saturated carbocycles. The van der Waals surface area contributed by atoms with E-state index in [2.05, 4.69) is 46.6 Å². The summed E-state index contributed by atoms with van der Waals surface area (Å²) in [6, 6.07) is 0. The fourth-order valence-corrected chi connectivity index (χ4v) is 2.77. The summed E-state index contributed by atoms with van der Waals surface area (Å²) in [5, 5.41) is 0.268. The highest BCUT2D eigenvalue weighted by atomic mass is 79.9. The van der Waals surface area contributed by atoms with E-state index in [0.29, 0.717) is 10.1 Å². The third kappa shape index (κ3) is 5.38. The zero-order valence-corrected chi connectivity index (χ0v) is 18.2. The zero-order chi connectivity index (χ0) is 22.4.